The summed E-state index contributed by atoms with van der Waals surface area (Å²) >= 11 is 3.44. The van der Waals surface area contributed by atoms with E-state index >= 15 is 0 Å². The molecule has 130 valence electrons. The van der Waals surface area contributed by atoms with Crippen LogP contribution in [-0.4, -0.2) is 24.8 Å². The van der Waals surface area contributed by atoms with Crippen LogP contribution in [0.25, 0.3) is 27.8 Å². The monoisotopic (exact) mass is 407 g/mol. The number of halogens is 1. The van der Waals surface area contributed by atoms with Crippen LogP contribution in [0.15, 0.2) is 60.8 Å². The van der Waals surface area contributed by atoms with Crippen LogP contribution in [0.1, 0.15) is 17.5 Å². The number of aliphatic hydroxyl groups excluding tert-OH is 1. The van der Waals surface area contributed by atoms with Crippen LogP contribution in [0.4, 0.5) is 0 Å². The van der Waals surface area contributed by atoms with Gasteiger partial charge in [0.2, 0.25) is 0 Å². The van der Waals surface area contributed by atoms with Crippen LogP contribution in [0.3, 0.4) is 0 Å². The zero-order valence-electron chi connectivity index (χ0n) is 14.1. The van der Waals surface area contributed by atoms with Gasteiger partial charge in [-0.3, -0.25) is 0 Å². The van der Waals surface area contributed by atoms with Gasteiger partial charge in [0.25, 0.3) is 0 Å². The molecular weight excluding hydrogens is 390 g/mol. The minimum Gasteiger partial charge on any atom is -0.372 e. The molecule has 0 saturated heterocycles. The van der Waals surface area contributed by atoms with Gasteiger partial charge < -0.3 is 9.67 Å². The lowest BCUT2D eigenvalue weighted by atomic mass is 9.93. The number of alkyl halides is 1. The smallest absolute Gasteiger partial charge is 0.141 e. The molecule has 4 nitrogen and oxygen atoms in total. The molecule has 5 rings (SSSR count). The van der Waals surface area contributed by atoms with Crippen LogP contribution in [-0.2, 0) is 12.8 Å². The summed E-state index contributed by atoms with van der Waals surface area (Å²) in [5.41, 5.74) is 6.87. The second kappa shape index (κ2) is 6.11. The van der Waals surface area contributed by atoms with Gasteiger partial charge in [0.05, 0.1) is 28.8 Å². The molecule has 2 heterocycles. The Labute approximate surface area is 159 Å². The van der Waals surface area contributed by atoms with Crippen LogP contribution < -0.4 is 0 Å². The fraction of sp³-hybridized carbons (Fsp3) is 0.190. The van der Waals surface area contributed by atoms with E-state index in [0.29, 0.717) is 5.33 Å². The number of hydrogen-bond donors (Lipinski definition) is 1. The Morgan fingerprint density at radius 1 is 1.04 bits per heavy atom. The summed E-state index contributed by atoms with van der Waals surface area (Å²) in [6.07, 6.45) is 3.21. The lowest BCUT2D eigenvalue weighted by Gasteiger charge is -2.20. The van der Waals surface area contributed by atoms with Gasteiger partial charge in [-0.25, -0.2) is 4.68 Å². The normalized spacial score (nSPS) is 14.2. The molecule has 2 aromatic carbocycles. The average molecular weight is 408 g/mol. The fourth-order valence-electron chi connectivity index (χ4n) is 4.10. The molecule has 26 heavy (non-hydrogen) atoms. The van der Waals surface area contributed by atoms with E-state index in [4.69, 9.17) is 0 Å². The molecule has 4 aromatic rings. The SMILES string of the molecule is OC(CBr)n1c2c(c3ccccc31)CCc1c-2cnn1-c1ccccc1. The van der Waals surface area contributed by atoms with Crippen LogP contribution in [0.5, 0.6) is 0 Å². The molecule has 0 bridgehead atoms. The number of rotatable bonds is 3. The van der Waals surface area contributed by atoms with Gasteiger partial charge in [0.1, 0.15) is 6.23 Å². The minimum absolute atomic E-state index is 0.486. The Balaban J connectivity index is 1.80. The Hall–Kier alpha value is -2.37. The Morgan fingerprint density at radius 3 is 2.62 bits per heavy atom. The van der Waals surface area contributed by atoms with Gasteiger partial charge in [0.15, 0.2) is 0 Å². The number of fused-ring (bicyclic) bond motifs is 5. The number of para-hydroxylation sites is 2. The first kappa shape index (κ1) is 15.9. The largest absolute Gasteiger partial charge is 0.372 e. The summed E-state index contributed by atoms with van der Waals surface area (Å²) in [4.78, 5) is 0. The van der Waals surface area contributed by atoms with E-state index in [-0.39, 0.29) is 0 Å². The molecule has 5 heteroatoms. The lowest BCUT2D eigenvalue weighted by molar-refractivity contribution is 0.137. The highest BCUT2D eigenvalue weighted by atomic mass is 79.9. The molecule has 0 spiro atoms. The lowest BCUT2D eigenvalue weighted by Crippen LogP contribution is -2.14. The third kappa shape index (κ3) is 2.20. The zero-order chi connectivity index (χ0) is 17.7. The zero-order valence-corrected chi connectivity index (χ0v) is 15.7. The minimum atomic E-state index is -0.616. The van der Waals surface area contributed by atoms with E-state index in [2.05, 4.69) is 55.9 Å². The van der Waals surface area contributed by atoms with Crippen molar-refractivity contribution < 1.29 is 5.11 Å². The molecule has 0 radical (unpaired) electrons. The fourth-order valence-corrected chi connectivity index (χ4v) is 4.39. The Bertz CT molecular complexity index is 1100. The van der Waals surface area contributed by atoms with Gasteiger partial charge >= 0.3 is 0 Å². The van der Waals surface area contributed by atoms with E-state index in [1.807, 2.05) is 35.1 Å². The molecule has 0 aliphatic heterocycles. The molecule has 1 unspecified atom stereocenters. The first-order valence-corrected chi connectivity index (χ1v) is 9.90. The van der Waals surface area contributed by atoms with E-state index in [1.54, 1.807) is 0 Å². The number of aryl methyl sites for hydroxylation is 1. The summed E-state index contributed by atoms with van der Waals surface area (Å²) in [5.74, 6) is 0. The second-order valence-corrected chi connectivity index (χ2v) is 7.25. The van der Waals surface area contributed by atoms with Crippen molar-refractivity contribution in [3.05, 3.63) is 72.1 Å². The molecule has 0 saturated carbocycles. The van der Waals surface area contributed by atoms with Gasteiger partial charge in [-0.05, 0) is 36.6 Å². The van der Waals surface area contributed by atoms with Gasteiger partial charge in [0, 0.05) is 16.3 Å². The summed E-state index contributed by atoms with van der Waals surface area (Å²) in [5, 5.41) is 17.1. The standard InChI is InChI=1S/C21H18BrN3O/c22-12-20(26)24-18-9-5-4-8-15(18)16-10-11-19-17(21(16)24)13-23-25(19)14-6-2-1-3-7-14/h1-9,13,20,26H,10-12H2. The topological polar surface area (TPSA) is 43.0 Å². The van der Waals surface area contributed by atoms with Crippen LogP contribution in [0, 0.1) is 0 Å². The van der Waals surface area contributed by atoms with Crippen molar-refractivity contribution in [1.82, 2.24) is 14.3 Å². The maximum atomic E-state index is 10.7. The number of aromatic nitrogens is 3. The summed E-state index contributed by atoms with van der Waals surface area (Å²) in [7, 11) is 0. The number of benzene rings is 2. The highest BCUT2D eigenvalue weighted by Gasteiger charge is 2.29. The van der Waals surface area contributed by atoms with Crippen molar-refractivity contribution in [1.29, 1.82) is 0 Å². The maximum Gasteiger partial charge on any atom is 0.141 e. The molecule has 1 aliphatic rings. The molecular formula is C21H18BrN3O. The first-order valence-electron chi connectivity index (χ1n) is 8.78. The van der Waals surface area contributed by atoms with Crippen molar-refractivity contribution in [3.8, 4) is 16.9 Å². The Kier molecular flexibility index (Phi) is 3.72. The highest BCUT2D eigenvalue weighted by molar-refractivity contribution is 9.09. The summed E-state index contributed by atoms with van der Waals surface area (Å²) in [6.45, 7) is 0. The van der Waals surface area contributed by atoms with Crippen molar-refractivity contribution in [2.45, 2.75) is 19.1 Å². The van der Waals surface area contributed by atoms with Crippen molar-refractivity contribution in [2.75, 3.05) is 5.33 Å². The molecule has 2 aromatic heterocycles. The molecule has 1 atom stereocenters. The van der Waals surface area contributed by atoms with Crippen molar-refractivity contribution >= 4 is 26.8 Å². The van der Waals surface area contributed by atoms with Crippen molar-refractivity contribution in [2.24, 2.45) is 0 Å². The first-order chi connectivity index (χ1) is 12.8. The third-order valence-electron chi connectivity index (χ3n) is 5.19. The van der Waals surface area contributed by atoms with Crippen LogP contribution in [0.2, 0.25) is 0 Å². The van der Waals surface area contributed by atoms with E-state index in [9.17, 15) is 5.11 Å². The molecule has 1 aliphatic carbocycles. The quantitative estimate of drug-likeness (QED) is 0.508. The number of aliphatic hydroxyl groups is 1. The highest BCUT2D eigenvalue weighted by Crippen LogP contribution is 2.42. The van der Waals surface area contributed by atoms with Gasteiger partial charge in [-0.2, -0.15) is 5.10 Å². The molecule has 0 amide bonds. The molecule has 1 N–H and O–H groups in total. The average Bonchev–Trinajstić information content (AvgIpc) is 3.27. The maximum absolute atomic E-state index is 10.7. The predicted octanol–water partition coefficient (Wildman–Crippen LogP) is 4.48. The van der Waals surface area contributed by atoms with E-state index in [1.165, 1.54) is 16.6 Å². The van der Waals surface area contributed by atoms with Gasteiger partial charge in [-0.1, -0.05) is 52.3 Å². The van der Waals surface area contributed by atoms with Crippen LogP contribution >= 0.6 is 15.9 Å². The van der Waals surface area contributed by atoms with Gasteiger partial charge in [-0.15, -0.1) is 0 Å². The third-order valence-corrected chi connectivity index (χ3v) is 5.77. The predicted molar refractivity (Wildman–Crippen MR) is 107 cm³/mol. The second-order valence-electron chi connectivity index (χ2n) is 6.60. The molecule has 0 fully saturated rings. The Morgan fingerprint density at radius 2 is 1.81 bits per heavy atom. The number of nitrogens with zero attached hydrogens (tertiary/aromatic N) is 3. The van der Waals surface area contributed by atoms with E-state index in [0.717, 1.165) is 35.3 Å². The number of hydrogen-bond acceptors (Lipinski definition) is 2. The van der Waals surface area contributed by atoms with E-state index < -0.39 is 6.23 Å². The van der Waals surface area contributed by atoms with Crippen molar-refractivity contribution in [3.63, 3.8) is 0 Å². The summed E-state index contributed by atoms with van der Waals surface area (Å²) in [6, 6.07) is 18.6. The summed E-state index contributed by atoms with van der Waals surface area (Å²) < 4.78 is 4.08.